The minimum atomic E-state index is -0.262. The number of hydrogen-bond donors (Lipinski definition) is 2. The molecule has 0 aliphatic carbocycles. The van der Waals surface area contributed by atoms with Crippen molar-refractivity contribution in [2.75, 3.05) is 0 Å². The summed E-state index contributed by atoms with van der Waals surface area (Å²) in [6, 6.07) is 11.7. The van der Waals surface area contributed by atoms with E-state index in [-0.39, 0.29) is 17.4 Å². The number of allylic oxidation sites excluding steroid dienone is 1. The molecular formula is C15H11N3O2S2. The van der Waals surface area contributed by atoms with Gasteiger partial charge in [-0.2, -0.15) is 5.10 Å². The zero-order chi connectivity index (χ0) is 15.4. The van der Waals surface area contributed by atoms with Crippen LogP contribution in [0, 0.1) is 0 Å². The number of carbonyl (C=O) groups is 1. The van der Waals surface area contributed by atoms with Gasteiger partial charge in [-0.05, 0) is 23.6 Å². The maximum absolute atomic E-state index is 12.3. The molecule has 0 amide bonds. The first-order valence-corrected chi connectivity index (χ1v) is 8.05. The van der Waals surface area contributed by atoms with Gasteiger partial charge in [0.05, 0.1) is 4.88 Å². The highest BCUT2D eigenvalue weighted by Crippen LogP contribution is 2.34. The number of aliphatic hydroxyl groups excluding tert-OH is 1. The summed E-state index contributed by atoms with van der Waals surface area (Å²) in [6.45, 7) is 0. The number of aliphatic hydroxyl groups is 1. The van der Waals surface area contributed by atoms with Crippen LogP contribution >= 0.6 is 23.1 Å². The van der Waals surface area contributed by atoms with Crippen molar-refractivity contribution in [1.29, 1.82) is 0 Å². The molecule has 0 atom stereocenters. The van der Waals surface area contributed by atoms with Gasteiger partial charge >= 0.3 is 0 Å². The van der Waals surface area contributed by atoms with E-state index in [0.717, 1.165) is 15.9 Å². The number of aromatic nitrogens is 3. The number of hydrogen-bond acceptors (Lipinski definition) is 6. The molecule has 2 heterocycles. The molecule has 5 nitrogen and oxygen atoms in total. The van der Waals surface area contributed by atoms with E-state index >= 15 is 0 Å². The van der Waals surface area contributed by atoms with Gasteiger partial charge in [-0.25, -0.2) is 4.98 Å². The molecule has 0 spiro atoms. The third-order valence-electron chi connectivity index (χ3n) is 2.75. The highest BCUT2D eigenvalue weighted by molar-refractivity contribution is 7.99. The standard InChI is InChI=1S/C15H11N3O2S2/c19-11(8-12(20)15-16-9-17-18-15)14-13(6-7-21-14)22-10-4-2-1-3-5-10/h1-9,20H,(H,16,17,18). The SMILES string of the molecule is O=C(C=C(O)c1ncn[nH]1)c1sccc1Sc1ccccc1. The third kappa shape index (κ3) is 3.26. The Kier molecular flexibility index (Phi) is 4.36. The minimum absolute atomic E-state index is 0.169. The molecule has 7 heteroatoms. The molecule has 0 bridgehead atoms. The number of rotatable bonds is 5. The zero-order valence-corrected chi connectivity index (χ0v) is 12.9. The molecular weight excluding hydrogens is 318 g/mol. The lowest BCUT2D eigenvalue weighted by atomic mass is 10.2. The van der Waals surface area contributed by atoms with E-state index in [0.29, 0.717) is 4.88 Å². The van der Waals surface area contributed by atoms with Crippen molar-refractivity contribution in [2.24, 2.45) is 0 Å². The summed E-state index contributed by atoms with van der Waals surface area (Å²) in [5, 5.41) is 17.9. The van der Waals surface area contributed by atoms with Crippen LogP contribution in [0.15, 0.2) is 64.0 Å². The van der Waals surface area contributed by atoms with E-state index < -0.39 is 0 Å². The van der Waals surface area contributed by atoms with Crippen LogP contribution in [0.4, 0.5) is 0 Å². The highest BCUT2D eigenvalue weighted by atomic mass is 32.2. The highest BCUT2D eigenvalue weighted by Gasteiger charge is 2.14. The van der Waals surface area contributed by atoms with Crippen LogP contribution in [0.3, 0.4) is 0 Å². The lowest BCUT2D eigenvalue weighted by Crippen LogP contribution is -1.96. The van der Waals surface area contributed by atoms with Crippen molar-refractivity contribution in [3.63, 3.8) is 0 Å². The first-order chi connectivity index (χ1) is 10.7. The second-order valence-electron chi connectivity index (χ2n) is 4.26. The van der Waals surface area contributed by atoms with Crippen LogP contribution in [0.5, 0.6) is 0 Å². The summed E-state index contributed by atoms with van der Waals surface area (Å²) in [7, 11) is 0. The smallest absolute Gasteiger partial charge is 0.200 e. The molecule has 0 aliphatic rings. The fourth-order valence-corrected chi connectivity index (χ4v) is 3.69. The van der Waals surface area contributed by atoms with Gasteiger partial charge in [-0.15, -0.1) is 11.3 Å². The molecule has 0 aliphatic heterocycles. The molecule has 0 radical (unpaired) electrons. The first-order valence-electron chi connectivity index (χ1n) is 6.35. The van der Waals surface area contributed by atoms with E-state index in [1.54, 1.807) is 0 Å². The summed E-state index contributed by atoms with van der Waals surface area (Å²) >= 11 is 2.86. The average molecular weight is 329 g/mol. The van der Waals surface area contributed by atoms with Crippen molar-refractivity contribution in [1.82, 2.24) is 15.2 Å². The maximum atomic E-state index is 12.3. The Labute approximate surface area is 134 Å². The van der Waals surface area contributed by atoms with Gasteiger partial charge in [0, 0.05) is 15.9 Å². The molecule has 110 valence electrons. The average Bonchev–Trinajstić information content (AvgIpc) is 3.19. The number of ketones is 1. The van der Waals surface area contributed by atoms with Crippen molar-refractivity contribution in [3.8, 4) is 0 Å². The van der Waals surface area contributed by atoms with Crippen molar-refractivity contribution in [2.45, 2.75) is 9.79 Å². The molecule has 22 heavy (non-hydrogen) atoms. The third-order valence-corrected chi connectivity index (χ3v) is 4.88. The molecule has 0 fully saturated rings. The Bertz CT molecular complexity index is 795. The van der Waals surface area contributed by atoms with Gasteiger partial charge in [0.1, 0.15) is 6.33 Å². The van der Waals surface area contributed by atoms with Crippen molar-refractivity contribution in [3.05, 3.63) is 64.9 Å². The minimum Gasteiger partial charge on any atom is -0.504 e. The van der Waals surface area contributed by atoms with Crippen LogP contribution in [0.1, 0.15) is 15.5 Å². The lowest BCUT2D eigenvalue weighted by molar-refractivity contribution is 0.104. The molecule has 3 aromatic rings. The lowest BCUT2D eigenvalue weighted by Gasteiger charge is -2.01. The Hall–Kier alpha value is -2.38. The van der Waals surface area contributed by atoms with Crippen LogP contribution in [-0.4, -0.2) is 26.1 Å². The fraction of sp³-hybridized carbons (Fsp3) is 0. The topological polar surface area (TPSA) is 78.9 Å². The van der Waals surface area contributed by atoms with E-state index in [1.807, 2.05) is 41.8 Å². The fourth-order valence-electron chi connectivity index (χ4n) is 1.76. The number of nitrogens with zero attached hydrogens (tertiary/aromatic N) is 2. The van der Waals surface area contributed by atoms with Gasteiger partial charge in [-0.1, -0.05) is 30.0 Å². The molecule has 0 saturated carbocycles. The van der Waals surface area contributed by atoms with E-state index in [4.69, 9.17) is 0 Å². The largest absolute Gasteiger partial charge is 0.504 e. The Morgan fingerprint density at radius 2 is 2.09 bits per heavy atom. The van der Waals surface area contributed by atoms with Crippen LogP contribution in [0.25, 0.3) is 5.76 Å². The summed E-state index contributed by atoms with van der Waals surface area (Å²) in [6.07, 6.45) is 2.42. The number of benzene rings is 1. The van der Waals surface area contributed by atoms with Gasteiger partial charge in [-0.3, -0.25) is 9.89 Å². The normalized spacial score (nSPS) is 11.5. The molecule has 2 N–H and O–H groups in total. The number of nitrogens with one attached hydrogen (secondary N) is 1. The summed E-state index contributed by atoms with van der Waals surface area (Å²) < 4.78 is 0. The van der Waals surface area contributed by atoms with Gasteiger partial charge in [0.15, 0.2) is 11.6 Å². The number of carbonyl (C=O) groups excluding carboxylic acids is 1. The number of H-pyrrole nitrogens is 1. The monoisotopic (exact) mass is 329 g/mol. The van der Waals surface area contributed by atoms with E-state index in [9.17, 15) is 9.90 Å². The van der Waals surface area contributed by atoms with Crippen LogP contribution in [0.2, 0.25) is 0 Å². The van der Waals surface area contributed by atoms with Crippen LogP contribution < -0.4 is 0 Å². The van der Waals surface area contributed by atoms with Crippen LogP contribution in [-0.2, 0) is 0 Å². The predicted molar refractivity (Wildman–Crippen MR) is 86.2 cm³/mol. The summed E-state index contributed by atoms with van der Waals surface area (Å²) in [4.78, 5) is 18.6. The summed E-state index contributed by atoms with van der Waals surface area (Å²) in [5.41, 5.74) is 0. The second-order valence-corrected chi connectivity index (χ2v) is 6.29. The molecule has 3 rings (SSSR count). The Balaban J connectivity index is 1.82. The molecule has 0 unspecified atom stereocenters. The first kappa shape index (κ1) is 14.6. The zero-order valence-electron chi connectivity index (χ0n) is 11.3. The number of thiophene rings is 1. The van der Waals surface area contributed by atoms with Crippen molar-refractivity contribution < 1.29 is 9.90 Å². The second kappa shape index (κ2) is 6.59. The van der Waals surface area contributed by atoms with E-state index in [1.165, 1.54) is 29.4 Å². The Morgan fingerprint density at radius 1 is 1.27 bits per heavy atom. The van der Waals surface area contributed by atoms with Gasteiger partial charge in [0.2, 0.25) is 5.78 Å². The van der Waals surface area contributed by atoms with Gasteiger partial charge in [0.25, 0.3) is 0 Å². The predicted octanol–water partition coefficient (Wildman–Crippen LogP) is 3.80. The number of aromatic amines is 1. The molecule has 0 saturated heterocycles. The van der Waals surface area contributed by atoms with Gasteiger partial charge < -0.3 is 5.11 Å². The Morgan fingerprint density at radius 3 is 2.82 bits per heavy atom. The van der Waals surface area contributed by atoms with E-state index in [2.05, 4.69) is 15.2 Å². The molecule has 2 aromatic heterocycles. The quantitative estimate of drug-likeness (QED) is 0.423. The molecule has 1 aromatic carbocycles. The summed E-state index contributed by atoms with van der Waals surface area (Å²) in [5.74, 6) is -0.323. The van der Waals surface area contributed by atoms with Crippen molar-refractivity contribution >= 4 is 34.6 Å². The maximum Gasteiger partial charge on any atom is 0.200 e.